The smallest absolute Gasteiger partial charge is 0.157 e. The van der Waals surface area contributed by atoms with Crippen LogP contribution < -0.4 is 0 Å². The molecule has 0 amide bonds. The Kier molecular flexibility index (Phi) is 2.10. The lowest BCUT2D eigenvalue weighted by atomic mass is 10.3. The molecule has 0 saturated heterocycles. The molecule has 1 aromatic heterocycles. The van der Waals surface area contributed by atoms with E-state index < -0.39 is 0 Å². The van der Waals surface area contributed by atoms with Gasteiger partial charge in [-0.3, -0.25) is 0 Å². The summed E-state index contributed by atoms with van der Waals surface area (Å²) in [6.45, 7) is 3.80. The topological polar surface area (TPSA) is 38.1 Å². The van der Waals surface area contributed by atoms with Crippen molar-refractivity contribution >= 4 is 12.0 Å². The minimum Gasteiger partial charge on any atom is -0.244 e. The van der Waals surface area contributed by atoms with Gasteiger partial charge in [0, 0.05) is 18.0 Å². The number of aromatic nitrogens is 2. The molecule has 0 atom stereocenters. The summed E-state index contributed by atoms with van der Waals surface area (Å²) in [7, 11) is 0. The molecule has 0 aliphatic rings. The second kappa shape index (κ2) is 3.06. The number of hydrogen-bond donors (Lipinski definition) is 0. The van der Waals surface area contributed by atoms with Crippen molar-refractivity contribution in [2.75, 3.05) is 0 Å². The van der Waals surface area contributed by atoms with Crippen molar-refractivity contribution in [2.24, 2.45) is 4.99 Å². The van der Waals surface area contributed by atoms with E-state index in [2.05, 4.69) is 15.0 Å². The normalized spacial score (nSPS) is 10.6. The van der Waals surface area contributed by atoms with Crippen LogP contribution in [0.4, 0.5) is 5.82 Å². The van der Waals surface area contributed by atoms with Gasteiger partial charge in [-0.15, -0.1) is 0 Å². The first kappa shape index (κ1) is 6.86. The molecule has 0 unspecified atom stereocenters. The lowest BCUT2D eigenvalue weighted by molar-refractivity contribution is 1.11. The van der Waals surface area contributed by atoms with E-state index in [1.165, 1.54) is 6.33 Å². The maximum Gasteiger partial charge on any atom is 0.157 e. The van der Waals surface area contributed by atoms with Crippen molar-refractivity contribution < 1.29 is 0 Å². The van der Waals surface area contributed by atoms with Crippen LogP contribution in [0.25, 0.3) is 0 Å². The van der Waals surface area contributed by atoms with E-state index in [0.29, 0.717) is 0 Å². The van der Waals surface area contributed by atoms with Crippen LogP contribution in [0.15, 0.2) is 17.5 Å². The predicted molar refractivity (Wildman–Crippen MR) is 40.6 cm³/mol. The number of aliphatic imine (C=N–C) groups is 1. The lowest BCUT2D eigenvalue weighted by Crippen LogP contribution is -1.81. The highest BCUT2D eigenvalue weighted by atomic mass is 14.9. The van der Waals surface area contributed by atoms with Crippen molar-refractivity contribution in [1.29, 1.82) is 0 Å². The molecule has 0 radical (unpaired) electrons. The molecule has 0 spiro atoms. The van der Waals surface area contributed by atoms with Gasteiger partial charge in [-0.25, -0.2) is 15.0 Å². The maximum atomic E-state index is 4.03. The molecule has 3 nitrogen and oxygen atoms in total. The Hall–Kier alpha value is -1.25. The molecule has 52 valence electrons. The molecule has 0 aliphatic heterocycles. The fraction of sp³-hybridized carbons (Fsp3) is 0.286. The second-order valence-corrected chi connectivity index (χ2v) is 1.92. The van der Waals surface area contributed by atoms with E-state index in [9.17, 15) is 0 Å². The highest BCUT2D eigenvalue weighted by Crippen LogP contribution is 2.10. The van der Waals surface area contributed by atoms with Crippen molar-refractivity contribution in [3.63, 3.8) is 0 Å². The van der Waals surface area contributed by atoms with Crippen LogP contribution in [0.3, 0.4) is 0 Å². The molecule has 0 N–H and O–H groups in total. The molecule has 0 bridgehead atoms. The largest absolute Gasteiger partial charge is 0.244 e. The summed E-state index contributed by atoms with van der Waals surface area (Å²) < 4.78 is 0. The van der Waals surface area contributed by atoms with E-state index >= 15 is 0 Å². The molecule has 3 heteroatoms. The summed E-state index contributed by atoms with van der Waals surface area (Å²) >= 11 is 0. The molecule has 1 heterocycles. The molecule has 1 aromatic rings. The summed E-state index contributed by atoms with van der Waals surface area (Å²) in [5.74, 6) is 0.748. The zero-order chi connectivity index (χ0) is 7.40. The molecule has 0 fully saturated rings. The van der Waals surface area contributed by atoms with Gasteiger partial charge in [-0.1, -0.05) is 0 Å². The lowest BCUT2D eigenvalue weighted by Gasteiger charge is -1.93. The van der Waals surface area contributed by atoms with E-state index in [1.54, 1.807) is 12.4 Å². The van der Waals surface area contributed by atoms with Gasteiger partial charge in [0.1, 0.15) is 6.33 Å². The minimum absolute atomic E-state index is 0.748. The minimum atomic E-state index is 0.748. The average Bonchev–Trinajstić information content (AvgIpc) is 1.94. The van der Waals surface area contributed by atoms with Crippen molar-refractivity contribution in [1.82, 2.24) is 9.97 Å². The first-order valence-electron chi connectivity index (χ1n) is 3.10. The Labute approximate surface area is 59.9 Å². The van der Waals surface area contributed by atoms with E-state index in [-0.39, 0.29) is 0 Å². The van der Waals surface area contributed by atoms with Gasteiger partial charge in [0.2, 0.25) is 0 Å². The third kappa shape index (κ3) is 1.37. The molecular formula is C7H9N3. The highest BCUT2D eigenvalue weighted by Gasteiger charge is 1.92. The number of aryl methyl sites for hydroxylation is 1. The van der Waals surface area contributed by atoms with Gasteiger partial charge in [0.25, 0.3) is 0 Å². The van der Waals surface area contributed by atoms with Crippen LogP contribution in [-0.2, 0) is 0 Å². The number of hydrogen-bond acceptors (Lipinski definition) is 3. The van der Waals surface area contributed by atoms with Gasteiger partial charge >= 0.3 is 0 Å². The predicted octanol–water partition coefficient (Wildman–Crippen LogP) is 1.51. The van der Waals surface area contributed by atoms with Crippen molar-refractivity contribution in [3.05, 3.63) is 18.1 Å². The van der Waals surface area contributed by atoms with Gasteiger partial charge in [-0.05, 0) is 13.8 Å². The monoisotopic (exact) mass is 135 g/mol. The van der Waals surface area contributed by atoms with Crippen LogP contribution in [0, 0.1) is 6.92 Å². The van der Waals surface area contributed by atoms with Crippen LogP contribution in [0.2, 0.25) is 0 Å². The maximum absolute atomic E-state index is 4.03. The van der Waals surface area contributed by atoms with E-state index in [0.717, 1.165) is 11.4 Å². The summed E-state index contributed by atoms with van der Waals surface area (Å²) in [5, 5.41) is 0. The summed E-state index contributed by atoms with van der Waals surface area (Å²) in [6, 6.07) is 0. The number of nitrogens with zero attached hydrogens (tertiary/aromatic N) is 3. The molecular weight excluding hydrogens is 126 g/mol. The van der Waals surface area contributed by atoms with Crippen LogP contribution in [0.1, 0.15) is 12.5 Å². The van der Waals surface area contributed by atoms with Crippen LogP contribution in [-0.4, -0.2) is 16.2 Å². The van der Waals surface area contributed by atoms with E-state index in [4.69, 9.17) is 0 Å². The first-order valence-corrected chi connectivity index (χ1v) is 3.10. The Morgan fingerprint density at radius 1 is 1.60 bits per heavy atom. The van der Waals surface area contributed by atoms with Crippen LogP contribution in [0.5, 0.6) is 0 Å². The molecule has 0 aromatic carbocycles. The van der Waals surface area contributed by atoms with Gasteiger partial charge < -0.3 is 0 Å². The zero-order valence-corrected chi connectivity index (χ0v) is 6.07. The Morgan fingerprint density at radius 3 is 3.00 bits per heavy atom. The Bertz CT molecular complexity index is 242. The Balaban J connectivity index is 3.03. The SMILES string of the molecule is CC=Nc1ncncc1C. The summed E-state index contributed by atoms with van der Waals surface area (Å²) in [4.78, 5) is 11.8. The van der Waals surface area contributed by atoms with E-state index in [1.807, 2.05) is 13.8 Å². The first-order chi connectivity index (χ1) is 4.84. The van der Waals surface area contributed by atoms with Crippen LogP contribution >= 0.6 is 0 Å². The van der Waals surface area contributed by atoms with Crippen molar-refractivity contribution in [3.8, 4) is 0 Å². The second-order valence-electron chi connectivity index (χ2n) is 1.92. The number of rotatable bonds is 1. The molecule has 10 heavy (non-hydrogen) atoms. The molecule has 0 aliphatic carbocycles. The van der Waals surface area contributed by atoms with Gasteiger partial charge in [0.05, 0.1) is 0 Å². The summed E-state index contributed by atoms with van der Waals surface area (Å²) in [6.07, 6.45) is 4.96. The standard InChI is InChI=1S/C7H9N3/c1-3-9-7-6(2)4-8-5-10-7/h3-5H,1-2H3. The third-order valence-electron chi connectivity index (χ3n) is 1.12. The third-order valence-corrected chi connectivity index (χ3v) is 1.12. The van der Waals surface area contributed by atoms with Crippen molar-refractivity contribution in [2.45, 2.75) is 13.8 Å². The average molecular weight is 135 g/mol. The zero-order valence-electron chi connectivity index (χ0n) is 6.07. The quantitative estimate of drug-likeness (QED) is 0.547. The fourth-order valence-electron chi connectivity index (χ4n) is 0.650. The van der Waals surface area contributed by atoms with Gasteiger partial charge in [-0.2, -0.15) is 0 Å². The fourth-order valence-corrected chi connectivity index (χ4v) is 0.650. The molecule has 1 rings (SSSR count). The molecule has 0 saturated carbocycles. The van der Waals surface area contributed by atoms with Gasteiger partial charge in [0.15, 0.2) is 5.82 Å². The summed E-state index contributed by atoms with van der Waals surface area (Å²) in [5.41, 5.74) is 1.00. The Morgan fingerprint density at radius 2 is 2.40 bits per heavy atom. The highest BCUT2D eigenvalue weighted by molar-refractivity contribution is 5.59.